The van der Waals surface area contributed by atoms with Crippen molar-refractivity contribution in [3.8, 4) is 0 Å². The maximum absolute atomic E-state index is 11.7. The predicted molar refractivity (Wildman–Crippen MR) is 72.7 cm³/mol. The number of carbonyl (C=O) groups is 2. The van der Waals surface area contributed by atoms with Crippen LogP contribution >= 0.6 is 0 Å². The molecule has 1 heterocycles. The molecule has 19 heavy (non-hydrogen) atoms. The van der Waals surface area contributed by atoms with Gasteiger partial charge in [-0.05, 0) is 31.4 Å². The smallest absolute Gasteiger partial charge is 0.288 e. The lowest BCUT2D eigenvalue weighted by atomic mass is 9.85. The van der Waals surface area contributed by atoms with Gasteiger partial charge in [0.05, 0.1) is 17.7 Å². The van der Waals surface area contributed by atoms with E-state index in [1.807, 2.05) is 43.5 Å². The second kappa shape index (κ2) is 4.93. The molecule has 1 aromatic carbocycles. The number of hydrazine groups is 1. The Morgan fingerprint density at radius 3 is 2.74 bits per heavy atom. The zero-order chi connectivity index (χ0) is 14.0. The standard InChI is InChI=1S/C14H17N3O2/c1-14(2)8-9-5-3-4-6-10(9)11(16-14)7-12(18)13(19)17-15/h3-6H,7-8,15H2,1-2H3,(H,17,19). The number of nitrogens with zero attached hydrogens (tertiary/aromatic N) is 1. The number of benzene rings is 1. The molecule has 0 radical (unpaired) electrons. The molecule has 3 N–H and O–H groups in total. The van der Waals surface area contributed by atoms with Crippen LogP contribution < -0.4 is 11.3 Å². The number of ketones is 1. The first-order valence-corrected chi connectivity index (χ1v) is 6.14. The molecule has 0 aromatic heterocycles. The number of hydrogen-bond donors (Lipinski definition) is 2. The Balaban J connectivity index is 2.34. The Morgan fingerprint density at radius 2 is 2.05 bits per heavy atom. The van der Waals surface area contributed by atoms with E-state index in [-0.39, 0.29) is 12.0 Å². The van der Waals surface area contributed by atoms with Crippen LogP contribution in [0.5, 0.6) is 0 Å². The minimum absolute atomic E-state index is 0.0243. The van der Waals surface area contributed by atoms with E-state index in [9.17, 15) is 9.59 Å². The first-order valence-electron chi connectivity index (χ1n) is 6.14. The number of amides is 1. The number of nitrogens with one attached hydrogen (secondary N) is 1. The lowest BCUT2D eigenvalue weighted by molar-refractivity contribution is -0.137. The van der Waals surface area contributed by atoms with Crippen molar-refractivity contribution in [1.82, 2.24) is 5.43 Å². The third kappa shape index (κ3) is 2.88. The van der Waals surface area contributed by atoms with Crippen molar-refractivity contribution < 1.29 is 9.59 Å². The Kier molecular flexibility index (Phi) is 3.48. The highest BCUT2D eigenvalue weighted by molar-refractivity contribution is 6.40. The summed E-state index contributed by atoms with van der Waals surface area (Å²) >= 11 is 0. The molecular formula is C14H17N3O2. The second-order valence-corrected chi connectivity index (χ2v) is 5.28. The molecule has 0 fully saturated rings. The number of aliphatic imine (C=N–C) groups is 1. The molecule has 0 saturated carbocycles. The van der Waals surface area contributed by atoms with E-state index in [2.05, 4.69) is 4.99 Å². The van der Waals surface area contributed by atoms with E-state index < -0.39 is 11.7 Å². The van der Waals surface area contributed by atoms with Crippen molar-refractivity contribution in [2.75, 3.05) is 0 Å². The lowest BCUT2D eigenvalue weighted by Gasteiger charge is -2.28. The van der Waals surface area contributed by atoms with Gasteiger partial charge in [0, 0.05) is 0 Å². The molecule has 0 aliphatic carbocycles. The summed E-state index contributed by atoms with van der Waals surface area (Å²) in [5, 5.41) is 0. The zero-order valence-corrected chi connectivity index (χ0v) is 11.1. The van der Waals surface area contributed by atoms with Crippen LogP contribution in [0.25, 0.3) is 0 Å². The molecule has 2 rings (SSSR count). The van der Waals surface area contributed by atoms with Crippen molar-refractivity contribution >= 4 is 17.4 Å². The van der Waals surface area contributed by atoms with Crippen LogP contribution in [0.4, 0.5) is 0 Å². The average Bonchev–Trinajstić information content (AvgIpc) is 2.36. The first kappa shape index (κ1) is 13.4. The van der Waals surface area contributed by atoms with Crippen LogP contribution in [0.2, 0.25) is 0 Å². The van der Waals surface area contributed by atoms with Gasteiger partial charge in [0.1, 0.15) is 0 Å². The van der Waals surface area contributed by atoms with Gasteiger partial charge < -0.3 is 0 Å². The quantitative estimate of drug-likeness (QED) is 0.364. The molecule has 100 valence electrons. The molecular weight excluding hydrogens is 242 g/mol. The molecule has 0 bridgehead atoms. The molecule has 1 aliphatic rings. The van der Waals surface area contributed by atoms with Gasteiger partial charge in [-0.3, -0.25) is 20.0 Å². The topological polar surface area (TPSA) is 84.5 Å². The lowest BCUT2D eigenvalue weighted by Crippen LogP contribution is -2.38. The predicted octanol–water partition coefficient (Wildman–Crippen LogP) is 0.760. The van der Waals surface area contributed by atoms with Gasteiger partial charge in [-0.25, -0.2) is 5.84 Å². The van der Waals surface area contributed by atoms with Gasteiger partial charge in [0.25, 0.3) is 0 Å². The van der Waals surface area contributed by atoms with Gasteiger partial charge in [0.2, 0.25) is 5.78 Å². The number of hydrogen-bond acceptors (Lipinski definition) is 4. The van der Waals surface area contributed by atoms with Crippen LogP contribution in [0, 0.1) is 0 Å². The normalized spacial score (nSPS) is 16.3. The highest BCUT2D eigenvalue weighted by Crippen LogP contribution is 2.27. The molecule has 1 aliphatic heterocycles. The molecule has 5 nitrogen and oxygen atoms in total. The SMILES string of the molecule is CC1(C)Cc2ccccc2C(CC(=O)C(=O)NN)=N1. The number of Topliss-reactive ketones (excluding diaryl/α,β-unsaturated/α-hetero) is 1. The van der Waals surface area contributed by atoms with Crippen LogP contribution in [-0.4, -0.2) is 22.9 Å². The summed E-state index contributed by atoms with van der Waals surface area (Å²) in [7, 11) is 0. The summed E-state index contributed by atoms with van der Waals surface area (Å²) < 4.78 is 0. The van der Waals surface area contributed by atoms with Gasteiger partial charge in [-0.15, -0.1) is 0 Å². The van der Waals surface area contributed by atoms with E-state index in [4.69, 9.17) is 5.84 Å². The monoisotopic (exact) mass is 259 g/mol. The second-order valence-electron chi connectivity index (χ2n) is 5.28. The molecule has 1 amide bonds. The number of nitrogens with two attached hydrogens (primary N) is 1. The minimum atomic E-state index is -0.788. The molecule has 0 atom stereocenters. The fraction of sp³-hybridized carbons (Fsp3) is 0.357. The van der Waals surface area contributed by atoms with Crippen LogP contribution in [0.1, 0.15) is 31.4 Å². The summed E-state index contributed by atoms with van der Waals surface area (Å²) in [5.74, 6) is 3.60. The number of rotatable bonds is 3. The molecule has 5 heteroatoms. The van der Waals surface area contributed by atoms with Crippen molar-refractivity contribution in [2.24, 2.45) is 10.8 Å². The first-order chi connectivity index (χ1) is 8.93. The fourth-order valence-corrected chi connectivity index (χ4v) is 2.33. The molecule has 0 saturated heterocycles. The van der Waals surface area contributed by atoms with Gasteiger partial charge in [0.15, 0.2) is 0 Å². The maximum Gasteiger partial charge on any atom is 0.301 e. The van der Waals surface area contributed by atoms with E-state index in [1.54, 1.807) is 0 Å². The maximum atomic E-state index is 11.7. The van der Waals surface area contributed by atoms with E-state index in [0.717, 1.165) is 17.5 Å². The average molecular weight is 259 g/mol. The highest BCUT2D eigenvalue weighted by Gasteiger charge is 2.28. The zero-order valence-electron chi connectivity index (χ0n) is 11.1. The fourth-order valence-electron chi connectivity index (χ4n) is 2.33. The van der Waals surface area contributed by atoms with Gasteiger partial charge in [-0.2, -0.15) is 0 Å². The van der Waals surface area contributed by atoms with Crippen molar-refractivity contribution in [1.29, 1.82) is 0 Å². The summed E-state index contributed by atoms with van der Waals surface area (Å²) in [4.78, 5) is 27.5. The minimum Gasteiger partial charge on any atom is -0.288 e. The van der Waals surface area contributed by atoms with E-state index in [1.165, 1.54) is 0 Å². The summed E-state index contributed by atoms with van der Waals surface area (Å²) in [6.07, 6.45) is 0.799. The van der Waals surface area contributed by atoms with Crippen molar-refractivity contribution in [3.63, 3.8) is 0 Å². The third-order valence-electron chi connectivity index (χ3n) is 3.10. The Morgan fingerprint density at radius 1 is 1.37 bits per heavy atom. The molecule has 1 aromatic rings. The van der Waals surface area contributed by atoms with Crippen molar-refractivity contribution in [2.45, 2.75) is 32.2 Å². The Labute approximate surface area is 111 Å². The Bertz CT molecular complexity index is 562. The van der Waals surface area contributed by atoms with E-state index in [0.29, 0.717) is 5.71 Å². The van der Waals surface area contributed by atoms with Gasteiger partial charge >= 0.3 is 5.91 Å². The van der Waals surface area contributed by atoms with Crippen LogP contribution in [-0.2, 0) is 16.0 Å². The molecule has 0 spiro atoms. The number of fused-ring (bicyclic) bond motifs is 1. The summed E-state index contributed by atoms with van der Waals surface area (Å²) in [5.41, 5.74) is 4.34. The summed E-state index contributed by atoms with van der Waals surface area (Å²) in [6.45, 7) is 4.02. The third-order valence-corrected chi connectivity index (χ3v) is 3.10. The molecule has 0 unspecified atom stereocenters. The number of carbonyl (C=O) groups excluding carboxylic acids is 2. The van der Waals surface area contributed by atoms with Crippen LogP contribution in [0.3, 0.4) is 0 Å². The summed E-state index contributed by atoms with van der Waals surface area (Å²) in [6, 6.07) is 7.82. The Hall–Kier alpha value is -2.01. The van der Waals surface area contributed by atoms with Crippen molar-refractivity contribution in [3.05, 3.63) is 35.4 Å². The highest BCUT2D eigenvalue weighted by atomic mass is 16.2. The van der Waals surface area contributed by atoms with Gasteiger partial charge in [-0.1, -0.05) is 24.3 Å². The van der Waals surface area contributed by atoms with E-state index >= 15 is 0 Å². The van der Waals surface area contributed by atoms with Crippen LogP contribution in [0.15, 0.2) is 29.3 Å². The largest absolute Gasteiger partial charge is 0.301 e.